The van der Waals surface area contributed by atoms with Crippen molar-refractivity contribution < 1.29 is 4.79 Å². The van der Waals surface area contributed by atoms with Gasteiger partial charge < -0.3 is 10.6 Å². The minimum Gasteiger partial charge on any atom is -0.392 e. The Balaban J connectivity index is 2.02. The van der Waals surface area contributed by atoms with E-state index in [2.05, 4.69) is 4.90 Å². The third-order valence-electron chi connectivity index (χ3n) is 4.40. The summed E-state index contributed by atoms with van der Waals surface area (Å²) < 4.78 is 0. The molecule has 2 aliphatic rings. The molecule has 1 saturated carbocycles. The lowest BCUT2D eigenvalue weighted by atomic mass is 10.1. The molecule has 2 rings (SSSR count). The first-order valence-electron chi connectivity index (χ1n) is 7.42. The largest absolute Gasteiger partial charge is 0.392 e. The first kappa shape index (κ1) is 14.7. The molecule has 1 amide bonds. The van der Waals surface area contributed by atoms with Crippen molar-refractivity contribution in [1.82, 2.24) is 9.80 Å². The Bertz CT molecular complexity index is 336. The molecule has 4 nitrogen and oxygen atoms in total. The highest BCUT2D eigenvalue weighted by atomic mass is 32.1. The van der Waals surface area contributed by atoms with Crippen LogP contribution >= 0.6 is 12.2 Å². The van der Waals surface area contributed by atoms with E-state index in [1.165, 1.54) is 25.7 Å². The average molecular weight is 283 g/mol. The Morgan fingerprint density at radius 2 is 1.89 bits per heavy atom. The fraction of sp³-hybridized carbons (Fsp3) is 0.857. The normalized spacial score (nSPS) is 22.1. The SMILES string of the molecule is CC(C(=O)N1CCCC1)N(CC(N)=S)C1CCCC1. The summed E-state index contributed by atoms with van der Waals surface area (Å²) in [6.07, 6.45) is 7.11. The second-order valence-electron chi connectivity index (χ2n) is 5.79. The van der Waals surface area contributed by atoms with Gasteiger partial charge in [-0.1, -0.05) is 25.1 Å². The van der Waals surface area contributed by atoms with E-state index < -0.39 is 0 Å². The second kappa shape index (κ2) is 6.66. The predicted molar refractivity (Wildman–Crippen MR) is 81.0 cm³/mol. The molecule has 1 heterocycles. The van der Waals surface area contributed by atoms with Crippen molar-refractivity contribution in [2.45, 2.75) is 57.5 Å². The van der Waals surface area contributed by atoms with E-state index in [4.69, 9.17) is 18.0 Å². The molecule has 1 saturated heterocycles. The minimum absolute atomic E-state index is 0.0947. The molecule has 0 bridgehead atoms. The highest BCUT2D eigenvalue weighted by Gasteiger charge is 2.33. The van der Waals surface area contributed by atoms with Crippen LogP contribution in [0.25, 0.3) is 0 Å². The van der Waals surface area contributed by atoms with Crippen molar-refractivity contribution >= 4 is 23.1 Å². The minimum atomic E-state index is -0.0947. The van der Waals surface area contributed by atoms with Crippen molar-refractivity contribution in [2.24, 2.45) is 5.73 Å². The zero-order valence-corrected chi connectivity index (χ0v) is 12.6. The Hall–Kier alpha value is -0.680. The summed E-state index contributed by atoms with van der Waals surface area (Å²) in [4.78, 5) is 17.2. The predicted octanol–water partition coefficient (Wildman–Crippen LogP) is 1.53. The summed E-state index contributed by atoms with van der Waals surface area (Å²) in [6.45, 7) is 4.40. The van der Waals surface area contributed by atoms with Gasteiger partial charge in [0.25, 0.3) is 0 Å². The van der Waals surface area contributed by atoms with Crippen LogP contribution in [-0.4, -0.2) is 52.4 Å². The van der Waals surface area contributed by atoms with Crippen LogP contribution in [0.5, 0.6) is 0 Å². The molecule has 108 valence electrons. The van der Waals surface area contributed by atoms with E-state index in [-0.39, 0.29) is 11.9 Å². The smallest absolute Gasteiger partial charge is 0.239 e. The van der Waals surface area contributed by atoms with Gasteiger partial charge in [-0.2, -0.15) is 0 Å². The monoisotopic (exact) mass is 283 g/mol. The molecule has 1 aliphatic heterocycles. The number of carbonyl (C=O) groups excluding carboxylic acids is 1. The van der Waals surface area contributed by atoms with E-state index in [0.717, 1.165) is 25.9 Å². The van der Waals surface area contributed by atoms with Gasteiger partial charge in [0.1, 0.15) is 0 Å². The Kier molecular flexibility index (Phi) is 5.16. The first-order valence-corrected chi connectivity index (χ1v) is 7.83. The number of nitrogens with zero attached hydrogens (tertiary/aromatic N) is 2. The highest BCUT2D eigenvalue weighted by Crippen LogP contribution is 2.26. The van der Waals surface area contributed by atoms with Crippen molar-refractivity contribution in [3.8, 4) is 0 Å². The van der Waals surface area contributed by atoms with Gasteiger partial charge in [-0.25, -0.2) is 0 Å². The summed E-state index contributed by atoms with van der Waals surface area (Å²) >= 11 is 5.06. The second-order valence-corrected chi connectivity index (χ2v) is 6.31. The third kappa shape index (κ3) is 3.66. The fourth-order valence-electron chi connectivity index (χ4n) is 3.34. The van der Waals surface area contributed by atoms with Crippen molar-refractivity contribution in [3.63, 3.8) is 0 Å². The maximum absolute atomic E-state index is 12.5. The summed E-state index contributed by atoms with van der Waals surface area (Å²) in [5, 5.41) is 0. The first-order chi connectivity index (χ1) is 9.09. The molecule has 0 aromatic rings. The standard InChI is InChI=1S/C14H25N3OS/c1-11(14(18)16-8-4-5-9-16)17(10-13(15)19)12-6-2-3-7-12/h11-12H,2-10H2,1H3,(H2,15,19). The molecule has 1 unspecified atom stereocenters. The molecule has 2 N–H and O–H groups in total. The number of carbonyl (C=O) groups is 1. The Labute approximate surface area is 121 Å². The molecule has 19 heavy (non-hydrogen) atoms. The van der Waals surface area contributed by atoms with Gasteiger partial charge in [-0.3, -0.25) is 9.69 Å². The molecule has 0 aromatic heterocycles. The summed E-state index contributed by atoms with van der Waals surface area (Å²) in [7, 11) is 0. The average Bonchev–Trinajstić information content (AvgIpc) is 3.05. The van der Waals surface area contributed by atoms with Gasteiger partial charge >= 0.3 is 0 Å². The van der Waals surface area contributed by atoms with Gasteiger partial charge in [-0.05, 0) is 32.6 Å². The van der Waals surface area contributed by atoms with Crippen LogP contribution in [0.2, 0.25) is 0 Å². The third-order valence-corrected chi connectivity index (χ3v) is 4.53. The van der Waals surface area contributed by atoms with E-state index in [1.54, 1.807) is 0 Å². The number of nitrogens with two attached hydrogens (primary N) is 1. The van der Waals surface area contributed by atoms with E-state index in [9.17, 15) is 4.79 Å². The van der Waals surface area contributed by atoms with E-state index in [1.807, 2.05) is 11.8 Å². The van der Waals surface area contributed by atoms with E-state index in [0.29, 0.717) is 17.6 Å². The molecule has 0 spiro atoms. The van der Waals surface area contributed by atoms with Gasteiger partial charge in [0, 0.05) is 25.7 Å². The van der Waals surface area contributed by atoms with Gasteiger partial charge in [0.2, 0.25) is 5.91 Å². The summed E-state index contributed by atoms with van der Waals surface area (Å²) in [6, 6.07) is 0.380. The molecular weight excluding hydrogens is 258 g/mol. The molecule has 5 heteroatoms. The number of likely N-dealkylation sites (tertiary alicyclic amines) is 1. The molecule has 1 aliphatic carbocycles. The van der Waals surface area contributed by atoms with Crippen molar-refractivity contribution in [1.29, 1.82) is 0 Å². The van der Waals surface area contributed by atoms with Gasteiger partial charge in [0.05, 0.1) is 11.0 Å². The summed E-state index contributed by atoms with van der Waals surface area (Å²) in [5.41, 5.74) is 5.72. The molecule has 2 fully saturated rings. The number of hydrogen-bond acceptors (Lipinski definition) is 3. The Morgan fingerprint density at radius 1 is 1.32 bits per heavy atom. The topological polar surface area (TPSA) is 49.6 Å². The quantitative estimate of drug-likeness (QED) is 0.777. The van der Waals surface area contributed by atoms with Crippen LogP contribution in [0.15, 0.2) is 0 Å². The highest BCUT2D eigenvalue weighted by molar-refractivity contribution is 7.80. The van der Waals surface area contributed by atoms with Gasteiger partial charge in [0.15, 0.2) is 0 Å². The fourth-order valence-corrected chi connectivity index (χ4v) is 3.49. The van der Waals surface area contributed by atoms with Crippen LogP contribution in [0.3, 0.4) is 0 Å². The lowest BCUT2D eigenvalue weighted by molar-refractivity contribution is -0.135. The van der Waals surface area contributed by atoms with Crippen LogP contribution in [0, 0.1) is 0 Å². The lowest BCUT2D eigenvalue weighted by Crippen LogP contribution is -2.52. The number of thiocarbonyl (C=S) groups is 1. The van der Waals surface area contributed by atoms with Crippen LogP contribution in [0.1, 0.15) is 45.4 Å². The molecular formula is C14H25N3OS. The van der Waals surface area contributed by atoms with Crippen LogP contribution in [0.4, 0.5) is 0 Å². The number of rotatable bonds is 5. The van der Waals surface area contributed by atoms with E-state index >= 15 is 0 Å². The molecule has 0 radical (unpaired) electrons. The van der Waals surface area contributed by atoms with Crippen molar-refractivity contribution in [3.05, 3.63) is 0 Å². The Morgan fingerprint density at radius 3 is 2.42 bits per heavy atom. The van der Waals surface area contributed by atoms with Crippen LogP contribution < -0.4 is 5.73 Å². The zero-order valence-electron chi connectivity index (χ0n) is 11.8. The molecule has 0 aromatic carbocycles. The maximum Gasteiger partial charge on any atom is 0.239 e. The summed E-state index contributed by atoms with van der Waals surface area (Å²) in [5.74, 6) is 0.251. The zero-order chi connectivity index (χ0) is 13.8. The lowest BCUT2D eigenvalue weighted by Gasteiger charge is -2.35. The van der Waals surface area contributed by atoms with Crippen molar-refractivity contribution in [2.75, 3.05) is 19.6 Å². The molecule has 1 atom stereocenters. The number of amides is 1. The number of hydrogen-bond donors (Lipinski definition) is 1. The maximum atomic E-state index is 12.5. The van der Waals surface area contributed by atoms with Crippen LogP contribution in [-0.2, 0) is 4.79 Å². The van der Waals surface area contributed by atoms with Gasteiger partial charge in [-0.15, -0.1) is 0 Å².